The van der Waals surface area contributed by atoms with Crippen molar-refractivity contribution < 1.29 is 19.1 Å². The molecule has 4 amide bonds. The molecule has 9 heteroatoms. The number of carbonyl (C=O) groups excluding carboxylic acids is 3. The summed E-state index contributed by atoms with van der Waals surface area (Å²) in [5, 5.41) is 0.839. The molecule has 2 saturated heterocycles. The van der Waals surface area contributed by atoms with Crippen LogP contribution >= 0.6 is 23.2 Å². The maximum absolute atomic E-state index is 12.9. The highest BCUT2D eigenvalue weighted by molar-refractivity contribution is 6.35. The molecule has 7 nitrogen and oxygen atoms in total. The molecule has 2 aliphatic heterocycles. The number of urea groups is 1. The van der Waals surface area contributed by atoms with E-state index in [-0.39, 0.29) is 37.0 Å². The van der Waals surface area contributed by atoms with Crippen LogP contribution in [0.1, 0.15) is 12.8 Å². The highest BCUT2D eigenvalue weighted by atomic mass is 35.5. The molecular weight excluding hydrogens is 441 g/mol. The molecule has 0 aliphatic carbocycles. The fraction of sp³-hybridized carbons (Fsp3) is 0.318. The third kappa shape index (κ3) is 4.62. The molecule has 162 valence electrons. The van der Waals surface area contributed by atoms with E-state index in [4.69, 9.17) is 27.9 Å². The first-order valence-corrected chi connectivity index (χ1v) is 10.7. The highest BCUT2D eigenvalue weighted by Gasteiger charge is 2.41. The average molecular weight is 462 g/mol. The van der Waals surface area contributed by atoms with Crippen LogP contribution in [0, 0.1) is 0 Å². The van der Waals surface area contributed by atoms with Crippen molar-refractivity contribution in [2.45, 2.75) is 18.9 Å². The molecule has 2 aromatic rings. The summed E-state index contributed by atoms with van der Waals surface area (Å²) in [5.41, 5.74) is 0.575. The van der Waals surface area contributed by atoms with Gasteiger partial charge in [-0.2, -0.15) is 0 Å². The van der Waals surface area contributed by atoms with E-state index in [1.54, 1.807) is 52.3 Å². The van der Waals surface area contributed by atoms with Crippen LogP contribution in [0.4, 0.5) is 10.5 Å². The van der Waals surface area contributed by atoms with Gasteiger partial charge in [-0.05, 0) is 43.2 Å². The topological polar surface area (TPSA) is 70.2 Å². The maximum Gasteiger partial charge on any atom is 0.332 e. The number of piperidine rings is 1. The lowest BCUT2D eigenvalue weighted by Crippen LogP contribution is -2.49. The minimum absolute atomic E-state index is 0.0600. The Morgan fingerprint density at radius 1 is 1.03 bits per heavy atom. The van der Waals surface area contributed by atoms with E-state index >= 15 is 0 Å². The van der Waals surface area contributed by atoms with E-state index in [1.165, 1.54) is 4.90 Å². The van der Waals surface area contributed by atoms with E-state index in [1.807, 2.05) is 6.07 Å². The van der Waals surface area contributed by atoms with Gasteiger partial charge in [-0.25, -0.2) is 9.69 Å². The summed E-state index contributed by atoms with van der Waals surface area (Å²) in [5.74, 6) is 0.0126. The summed E-state index contributed by atoms with van der Waals surface area (Å²) in [6, 6.07) is 13.4. The summed E-state index contributed by atoms with van der Waals surface area (Å²) >= 11 is 11.9. The molecule has 0 saturated carbocycles. The number of benzene rings is 2. The number of rotatable bonds is 5. The van der Waals surface area contributed by atoms with Gasteiger partial charge in [-0.3, -0.25) is 9.59 Å². The first-order chi connectivity index (χ1) is 14.9. The number of hydrogen-bond acceptors (Lipinski definition) is 4. The number of carbonyl (C=O) groups is 3. The highest BCUT2D eigenvalue weighted by Crippen LogP contribution is 2.28. The Balaban J connectivity index is 1.31. The fourth-order valence-corrected chi connectivity index (χ4v) is 4.35. The quantitative estimate of drug-likeness (QED) is 0.634. The number of nitrogens with zero attached hydrogens (tertiary/aromatic N) is 3. The average Bonchev–Trinajstić information content (AvgIpc) is 3.07. The molecular formula is C22H21Cl2N3O4. The Morgan fingerprint density at radius 3 is 2.42 bits per heavy atom. The number of hydrogen-bond donors (Lipinski definition) is 0. The number of amides is 4. The lowest BCUT2D eigenvalue weighted by Gasteiger charge is -2.36. The number of para-hydroxylation sites is 1. The van der Waals surface area contributed by atoms with E-state index in [0.717, 1.165) is 0 Å². The summed E-state index contributed by atoms with van der Waals surface area (Å²) < 4.78 is 5.53. The first-order valence-electron chi connectivity index (χ1n) is 9.98. The van der Waals surface area contributed by atoms with E-state index in [2.05, 4.69) is 0 Å². The van der Waals surface area contributed by atoms with Gasteiger partial charge in [0, 0.05) is 24.2 Å². The standard InChI is InChI=1S/C22H21Cl2N3O4/c23-15-6-7-19(18(24)12-15)31-14-21(29)25-10-8-16(9-11-25)26-13-20(28)27(22(26)30)17-4-2-1-3-5-17/h1-7,12,16H,8-11,13-14H2. The molecule has 0 N–H and O–H groups in total. The SMILES string of the molecule is O=C(COc1ccc(Cl)cc1Cl)N1CCC(N2CC(=O)N(c3ccccc3)C2=O)CC1. The Morgan fingerprint density at radius 2 is 1.74 bits per heavy atom. The molecule has 2 fully saturated rings. The Hall–Kier alpha value is -2.77. The smallest absolute Gasteiger partial charge is 0.332 e. The van der Waals surface area contributed by atoms with Gasteiger partial charge in [0.05, 0.1) is 10.7 Å². The number of anilines is 1. The summed E-state index contributed by atoms with van der Waals surface area (Å²) in [7, 11) is 0. The van der Waals surface area contributed by atoms with Gasteiger partial charge in [-0.15, -0.1) is 0 Å². The van der Waals surface area contributed by atoms with E-state index in [0.29, 0.717) is 47.4 Å². The predicted octanol–water partition coefficient (Wildman–Crippen LogP) is 3.83. The van der Waals surface area contributed by atoms with Gasteiger partial charge in [-0.1, -0.05) is 41.4 Å². The lowest BCUT2D eigenvalue weighted by atomic mass is 10.0. The number of ether oxygens (including phenoxy) is 1. The van der Waals surface area contributed by atoms with Crippen molar-refractivity contribution in [3.8, 4) is 5.75 Å². The molecule has 2 heterocycles. The summed E-state index contributed by atoms with van der Waals surface area (Å²) in [6.45, 7) is 0.911. The van der Waals surface area contributed by atoms with Gasteiger partial charge >= 0.3 is 6.03 Å². The fourth-order valence-electron chi connectivity index (χ4n) is 3.89. The Labute approximate surface area is 190 Å². The Bertz CT molecular complexity index is 994. The second-order valence-electron chi connectivity index (χ2n) is 7.45. The van der Waals surface area contributed by atoms with Crippen molar-refractivity contribution in [2.75, 3.05) is 31.1 Å². The maximum atomic E-state index is 12.9. The van der Waals surface area contributed by atoms with Crippen molar-refractivity contribution in [3.63, 3.8) is 0 Å². The number of likely N-dealkylation sites (tertiary alicyclic amines) is 1. The first kappa shape index (κ1) is 21.5. The molecule has 0 aromatic heterocycles. The molecule has 2 aromatic carbocycles. The van der Waals surface area contributed by atoms with E-state index < -0.39 is 0 Å². The third-order valence-corrected chi connectivity index (χ3v) is 6.04. The zero-order valence-electron chi connectivity index (χ0n) is 16.7. The Kier molecular flexibility index (Phi) is 6.34. The second-order valence-corrected chi connectivity index (χ2v) is 8.29. The molecule has 0 unspecified atom stereocenters. The molecule has 4 rings (SSSR count). The molecule has 0 radical (unpaired) electrons. The van der Waals surface area contributed by atoms with Crippen LogP contribution in [0.3, 0.4) is 0 Å². The molecule has 0 atom stereocenters. The van der Waals surface area contributed by atoms with Crippen molar-refractivity contribution in [3.05, 3.63) is 58.6 Å². The van der Waals surface area contributed by atoms with Crippen molar-refractivity contribution in [1.82, 2.24) is 9.80 Å². The normalized spacial score (nSPS) is 17.4. The van der Waals surface area contributed by atoms with Crippen molar-refractivity contribution in [1.29, 1.82) is 0 Å². The zero-order chi connectivity index (χ0) is 22.0. The predicted molar refractivity (Wildman–Crippen MR) is 118 cm³/mol. The van der Waals surface area contributed by atoms with Gasteiger partial charge < -0.3 is 14.5 Å². The summed E-state index contributed by atoms with van der Waals surface area (Å²) in [4.78, 5) is 42.4. The van der Waals surface area contributed by atoms with Crippen LogP contribution in [0.2, 0.25) is 10.0 Å². The van der Waals surface area contributed by atoms with Crippen LogP contribution in [0.5, 0.6) is 5.75 Å². The second kappa shape index (κ2) is 9.16. The van der Waals surface area contributed by atoms with Gasteiger partial charge in [0.2, 0.25) is 0 Å². The lowest BCUT2D eigenvalue weighted by molar-refractivity contribution is -0.134. The van der Waals surface area contributed by atoms with Crippen LogP contribution < -0.4 is 9.64 Å². The van der Waals surface area contributed by atoms with Crippen LogP contribution in [0.25, 0.3) is 0 Å². The zero-order valence-corrected chi connectivity index (χ0v) is 18.2. The van der Waals surface area contributed by atoms with E-state index in [9.17, 15) is 14.4 Å². The monoisotopic (exact) mass is 461 g/mol. The van der Waals surface area contributed by atoms with Gasteiger partial charge in [0.1, 0.15) is 12.3 Å². The number of halogens is 2. The van der Waals surface area contributed by atoms with Crippen LogP contribution in [-0.4, -0.2) is 59.9 Å². The van der Waals surface area contributed by atoms with Crippen LogP contribution in [-0.2, 0) is 9.59 Å². The minimum Gasteiger partial charge on any atom is -0.482 e. The largest absolute Gasteiger partial charge is 0.482 e. The van der Waals surface area contributed by atoms with Crippen molar-refractivity contribution in [2.24, 2.45) is 0 Å². The molecule has 2 aliphatic rings. The molecule has 0 bridgehead atoms. The minimum atomic E-state index is -0.304. The summed E-state index contributed by atoms with van der Waals surface area (Å²) in [6.07, 6.45) is 1.21. The third-order valence-electron chi connectivity index (χ3n) is 5.51. The van der Waals surface area contributed by atoms with Gasteiger partial charge in [0.25, 0.3) is 11.8 Å². The number of imide groups is 1. The van der Waals surface area contributed by atoms with Crippen LogP contribution in [0.15, 0.2) is 48.5 Å². The van der Waals surface area contributed by atoms with Gasteiger partial charge in [0.15, 0.2) is 6.61 Å². The molecule has 31 heavy (non-hydrogen) atoms. The van der Waals surface area contributed by atoms with Crippen molar-refractivity contribution >= 4 is 46.7 Å². The molecule has 0 spiro atoms.